The van der Waals surface area contributed by atoms with Gasteiger partial charge >= 0.3 is 23.9 Å². The Morgan fingerprint density at radius 3 is 1.77 bits per heavy atom. The molecule has 1 unspecified atom stereocenters. The van der Waals surface area contributed by atoms with E-state index in [0.29, 0.717) is 0 Å². The molecule has 1 amide bonds. The van der Waals surface area contributed by atoms with Gasteiger partial charge in [-0.3, -0.25) is 24.0 Å². The second kappa shape index (κ2) is 11.5. The summed E-state index contributed by atoms with van der Waals surface area (Å²) in [5, 5.41) is 2.47. The Kier molecular flexibility index (Phi) is 9.66. The first-order chi connectivity index (χ1) is 13.9. The van der Waals surface area contributed by atoms with Gasteiger partial charge in [0, 0.05) is 34.6 Å². The van der Waals surface area contributed by atoms with Crippen molar-refractivity contribution in [2.24, 2.45) is 0 Å². The fraction of sp³-hybridized carbons (Fsp3) is 0.722. The van der Waals surface area contributed by atoms with Crippen LogP contribution in [0.2, 0.25) is 0 Å². The van der Waals surface area contributed by atoms with E-state index in [2.05, 4.69) is 5.32 Å². The molecule has 0 aromatic heterocycles. The molecule has 0 aromatic rings. The van der Waals surface area contributed by atoms with E-state index in [1.165, 1.54) is 20.8 Å². The summed E-state index contributed by atoms with van der Waals surface area (Å²) in [6.07, 6.45) is -7.31. The fourth-order valence-corrected chi connectivity index (χ4v) is 2.82. The van der Waals surface area contributed by atoms with Crippen molar-refractivity contribution in [3.8, 4) is 0 Å². The Hall–Kier alpha value is -2.73. The lowest BCUT2D eigenvalue weighted by Gasteiger charge is -2.44. The van der Waals surface area contributed by atoms with Gasteiger partial charge in [-0.15, -0.1) is 0 Å². The molecule has 0 saturated carbocycles. The quantitative estimate of drug-likeness (QED) is 0.301. The zero-order chi connectivity index (χ0) is 23.0. The molecule has 6 atom stereocenters. The molecule has 170 valence electrons. The van der Waals surface area contributed by atoms with E-state index >= 15 is 0 Å². The number of carbonyl (C=O) groups excluding carboxylic acids is 5. The number of nitrogens with one attached hydrogen (secondary N) is 1. The molecular weight excluding hydrogens is 406 g/mol. The summed E-state index contributed by atoms with van der Waals surface area (Å²) < 4.78 is 32.0. The molecule has 1 rings (SSSR count). The Bertz CT molecular complexity index is 665. The van der Waals surface area contributed by atoms with Gasteiger partial charge in [-0.25, -0.2) is 0 Å². The van der Waals surface area contributed by atoms with Crippen molar-refractivity contribution >= 4 is 29.8 Å². The van der Waals surface area contributed by atoms with Crippen molar-refractivity contribution in [2.75, 3.05) is 6.61 Å². The van der Waals surface area contributed by atoms with Crippen LogP contribution in [0.4, 0.5) is 0 Å². The molecule has 30 heavy (non-hydrogen) atoms. The summed E-state index contributed by atoms with van der Waals surface area (Å²) in [4.78, 5) is 57.5. The van der Waals surface area contributed by atoms with Crippen LogP contribution >= 0.6 is 0 Å². The zero-order valence-electron chi connectivity index (χ0n) is 17.7. The van der Waals surface area contributed by atoms with Crippen LogP contribution in [0.3, 0.4) is 0 Å². The normalized spacial score (nSPS) is 26.7. The van der Waals surface area contributed by atoms with Crippen molar-refractivity contribution in [3.05, 3.63) is 0 Å². The number of amides is 1. The van der Waals surface area contributed by atoms with Gasteiger partial charge in [-0.2, -0.15) is 0 Å². The molecule has 1 heterocycles. The minimum absolute atomic E-state index is 0.369. The van der Waals surface area contributed by atoms with E-state index in [9.17, 15) is 24.0 Å². The monoisotopic (exact) mass is 433 g/mol. The van der Waals surface area contributed by atoms with Gasteiger partial charge in [0.05, 0.1) is 0 Å². The highest BCUT2D eigenvalue weighted by molar-refractivity contribution is 5.73. The Morgan fingerprint density at radius 1 is 0.800 bits per heavy atom. The Morgan fingerprint density at radius 2 is 1.30 bits per heavy atom. The fourth-order valence-electron chi connectivity index (χ4n) is 2.82. The summed E-state index contributed by atoms with van der Waals surface area (Å²) in [6, 6.07) is 0. The summed E-state index contributed by atoms with van der Waals surface area (Å²) in [7, 11) is 0. The van der Waals surface area contributed by atoms with Gasteiger partial charge in [-0.05, 0) is 6.92 Å². The average molecular weight is 433 g/mol. The highest BCUT2D eigenvalue weighted by Crippen LogP contribution is 2.30. The largest absolute Gasteiger partial charge is 0.463 e. The van der Waals surface area contributed by atoms with E-state index in [0.717, 1.165) is 20.8 Å². The summed E-state index contributed by atoms with van der Waals surface area (Å²) in [6.45, 7) is 6.92. The molecule has 12 heteroatoms. The summed E-state index contributed by atoms with van der Waals surface area (Å²) >= 11 is 0. The molecule has 0 aromatic carbocycles. The lowest BCUT2D eigenvalue weighted by Crippen LogP contribution is -2.63. The molecule has 1 aliphatic rings. The third-order valence-corrected chi connectivity index (χ3v) is 3.69. The van der Waals surface area contributed by atoms with Gasteiger partial charge in [0.2, 0.25) is 12.2 Å². The van der Waals surface area contributed by atoms with Gasteiger partial charge < -0.3 is 33.7 Å². The molecule has 1 fully saturated rings. The minimum atomic E-state index is -1.35. The van der Waals surface area contributed by atoms with E-state index in [4.69, 9.17) is 28.4 Å². The molecule has 0 radical (unpaired) electrons. The number of rotatable bonds is 8. The van der Waals surface area contributed by atoms with E-state index < -0.39 is 66.7 Å². The van der Waals surface area contributed by atoms with Crippen LogP contribution in [-0.4, -0.2) is 73.3 Å². The van der Waals surface area contributed by atoms with Crippen molar-refractivity contribution in [3.63, 3.8) is 0 Å². The van der Waals surface area contributed by atoms with Gasteiger partial charge in [0.1, 0.15) is 18.9 Å². The first-order valence-electron chi connectivity index (χ1n) is 9.13. The van der Waals surface area contributed by atoms with Crippen LogP contribution < -0.4 is 5.32 Å². The van der Waals surface area contributed by atoms with E-state index in [-0.39, 0.29) is 6.61 Å². The van der Waals surface area contributed by atoms with Gasteiger partial charge in [0.25, 0.3) is 0 Å². The topological polar surface area (TPSA) is 153 Å². The second-order valence-corrected chi connectivity index (χ2v) is 6.55. The molecular formula is C18H27NO11. The number of carbonyl (C=O) groups is 5. The Balaban J connectivity index is 3.30. The van der Waals surface area contributed by atoms with Crippen LogP contribution in [0.15, 0.2) is 0 Å². The van der Waals surface area contributed by atoms with Crippen LogP contribution in [-0.2, 0) is 52.4 Å². The van der Waals surface area contributed by atoms with Crippen LogP contribution in [0.1, 0.15) is 41.5 Å². The summed E-state index contributed by atoms with van der Waals surface area (Å²) in [5.41, 5.74) is 0. The van der Waals surface area contributed by atoms with Gasteiger partial charge in [0.15, 0.2) is 18.3 Å². The predicted octanol–water partition coefficient (Wildman–Crippen LogP) is -0.432. The lowest BCUT2D eigenvalue weighted by molar-refractivity contribution is -0.317. The maximum Gasteiger partial charge on any atom is 0.303 e. The molecule has 0 bridgehead atoms. The number of hydrogen-bond donors (Lipinski definition) is 1. The highest BCUT2D eigenvalue weighted by Gasteiger charge is 2.53. The first kappa shape index (κ1) is 25.3. The maximum atomic E-state index is 11.7. The van der Waals surface area contributed by atoms with Gasteiger partial charge in [-0.1, -0.05) is 0 Å². The van der Waals surface area contributed by atoms with Crippen LogP contribution in [0.5, 0.6) is 0 Å². The van der Waals surface area contributed by atoms with Crippen LogP contribution in [0, 0.1) is 0 Å². The van der Waals surface area contributed by atoms with Crippen molar-refractivity contribution < 1.29 is 52.4 Å². The predicted molar refractivity (Wildman–Crippen MR) is 96.3 cm³/mol. The molecule has 1 saturated heterocycles. The summed E-state index contributed by atoms with van der Waals surface area (Å²) in [5.74, 6) is -3.26. The smallest absolute Gasteiger partial charge is 0.303 e. The van der Waals surface area contributed by atoms with Crippen molar-refractivity contribution in [2.45, 2.75) is 78.5 Å². The first-order valence-corrected chi connectivity index (χ1v) is 9.13. The second-order valence-electron chi connectivity index (χ2n) is 6.55. The standard InChI is InChI=1S/C18H27NO11/c1-8(20)19-9(2)26-18-17(29-13(6)24)16(28-12(5)23)15(27-11(4)22)14(30-18)7-25-10(3)21/h9,14-18H,7H2,1-6H3,(H,19,20)/t9?,14-,15-,16+,17-,18-/m1/s1. The van der Waals surface area contributed by atoms with Crippen molar-refractivity contribution in [1.29, 1.82) is 0 Å². The van der Waals surface area contributed by atoms with E-state index in [1.807, 2.05) is 0 Å². The van der Waals surface area contributed by atoms with Crippen molar-refractivity contribution in [1.82, 2.24) is 5.32 Å². The lowest BCUT2D eigenvalue weighted by atomic mass is 9.98. The molecule has 12 nitrogen and oxygen atoms in total. The minimum Gasteiger partial charge on any atom is -0.463 e. The average Bonchev–Trinajstić information content (AvgIpc) is 2.56. The third-order valence-electron chi connectivity index (χ3n) is 3.69. The third kappa shape index (κ3) is 8.33. The SMILES string of the molecule is CC(=O)NC(C)O[C@@H]1O[C@H](COC(C)=O)[C@@H](OC(C)=O)[C@H](OC(C)=O)[C@H]1OC(C)=O. The number of esters is 4. The van der Waals surface area contributed by atoms with E-state index in [1.54, 1.807) is 0 Å². The van der Waals surface area contributed by atoms with Crippen LogP contribution in [0.25, 0.3) is 0 Å². The maximum absolute atomic E-state index is 11.7. The molecule has 0 spiro atoms. The highest BCUT2D eigenvalue weighted by atomic mass is 16.7. The number of ether oxygens (including phenoxy) is 6. The number of hydrogen-bond acceptors (Lipinski definition) is 11. The Labute approximate surface area is 173 Å². The molecule has 1 N–H and O–H groups in total. The molecule has 0 aliphatic carbocycles. The molecule has 1 aliphatic heterocycles. The zero-order valence-corrected chi connectivity index (χ0v) is 17.7.